The summed E-state index contributed by atoms with van der Waals surface area (Å²) in [5.74, 6) is -0.296. The van der Waals surface area contributed by atoms with Crippen molar-refractivity contribution < 1.29 is 14.3 Å². The summed E-state index contributed by atoms with van der Waals surface area (Å²) in [6, 6.07) is 9.09. The van der Waals surface area contributed by atoms with E-state index in [0.29, 0.717) is 32.4 Å². The van der Waals surface area contributed by atoms with Crippen LogP contribution in [0.15, 0.2) is 36.4 Å². The number of carbonyl (C=O) groups excluding carboxylic acids is 2. The highest BCUT2D eigenvalue weighted by molar-refractivity contribution is 6.42. The maximum absolute atomic E-state index is 13.0. The molecule has 0 saturated carbocycles. The van der Waals surface area contributed by atoms with Gasteiger partial charge in [0.05, 0.1) is 15.1 Å². The number of benzene rings is 2. The van der Waals surface area contributed by atoms with E-state index in [1.54, 1.807) is 37.3 Å². The Hall–Kier alpha value is -1.66. The van der Waals surface area contributed by atoms with E-state index < -0.39 is 6.04 Å². The van der Waals surface area contributed by atoms with E-state index in [1.807, 2.05) is 6.92 Å². The number of hydrogen-bond donors (Lipinski definition) is 1. The van der Waals surface area contributed by atoms with Gasteiger partial charge in [0.15, 0.2) is 6.61 Å². The summed E-state index contributed by atoms with van der Waals surface area (Å²) < 4.78 is 5.58. The lowest BCUT2D eigenvalue weighted by molar-refractivity contribution is -0.142. The van der Waals surface area contributed by atoms with Crippen LogP contribution in [0.5, 0.6) is 5.75 Å². The first-order valence-corrected chi connectivity index (χ1v) is 11.3. The Kier molecular flexibility index (Phi) is 10.2. The second kappa shape index (κ2) is 12.4. The van der Waals surface area contributed by atoms with E-state index in [2.05, 4.69) is 5.32 Å². The van der Waals surface area contributed by atoms with Crippen molar-refractivity contribution in [2.45, 2.75) is 39.3 Å². The van der Waals surface area contributed by atoms with Crippen LogP contribution in [0.4, 0.5) is 0 Å². The molecule has 0 fully saturated rings. The minimum absolute atomic E-state index is 0.162. The second-order valence-corrected chi connectivity index (χ2v) is 8.61. The molecule has 2 amide bonds. The lowest BCUT2D eigenvalue weighted by Gasteiger charge is -2.29. The highest BCUT2D eigenvalue weighted by Crippen LogP contribution is 2.28. The van der Waals surface area contributed by atoms with Gasteiger partial charge in [0.2, 0.25) is 5.91 Å². The Morgan fingerprint density at radius 3 is 2.42 bits per heavy atom. The van der Waals surface area contributed by atoms with Gasteiger partial charge in [0.1, 0.15) is 11.8 Å². The number of ether oxygens (including phenoxy) is 1. The van der Waals surface area contributed by atoms with E-state index in [4.69, 9.17) is 51.1 Å². The third-order valence-electron chi connectivity index (χ3n) is 4.58. The van der Waals surface area contributed by atoms with Gasteiger partial charge in [0, 0.05) is 18.1 Å². The van der Waals surface area contributed by atoms with Gasteiger partial charge in [0.25, 0.3) is 5.91 Å². The molecule has 168 valence electrons. The minimum Gasteiger partial charge on any atom is -0.482 e. The van der Waals surface area contributed by atoms with Gasteiger partial charge in [-0.1, -0.05) is 65.8 Å². The van der Waals surface area contributed by atoms with Crippen molar-refractivity contribution in [2.75, 3.05) is 13.2 Å². The molecular weight excluding hydrogens is 482 g/mol. The smallest absolute Gasteiger partial charge is 0.261 e. The fourth-order valence-electron chi connectivity index (χ4n) is 2.77. The lowest BCUT2D eigenvalue weighted by atomic mass is 10.1. The summed E-state index contributed by atoms with van der Waals surface area (Å²) in [7, 11) is 0. The molecule has 0 aliphatic rings. The van der Waals surface area contributed by atoms with Gasteiger partial charge < -0.3 is 15.0 Å². The highest BCUT2D eigenvalue weighted by Gasteiger charge is 2.26. The van der Waals surface area contributed by atoms with Crippen LogP contribution >= 0.6 is 46.4 Å². The molecule has 0 heterocycles. The standard InChI is InChI=1S/C22H24Cl4N2O3/c1-3-4-9-27-22(30)14(2)28(12-15-5-7-17(24)18(25)10-15)21(29)13-31-20-8-6-16(23)11-19(20)26/h5-8,10-11,14H,3-4,9,12-13H2,1-2H3,(H,27,30)/t14-/m0/s1. The van der Waals surface area contributed by atoms with Gasteiger partial charge in [-0.3, -0.25) is 9.59 Å². The molecule has 0 saturated heterocycles. The molecule has 2 rings (SSSR count). The highest BCUT2D eigenvalue weighted by atomic mass is 35.5. The van der Waals surface area contributed by atoms with Crippen molar-refractivity contribution in [3.05, 3.63) is 62.1 Å². The van der Waals surface area contributed by atoms with E-state index in [9.17, 15) is 9.59 Å². The number of nitrogens with zero attached hydrogens (tertiary/aromatic N) is 1. The predicted octanol–water partition coefficient (Wildman–Crippen LogP) is 6.01. The van der Waals surface area contributed by atoms with Gasteiger partial charge in [-0.05, 0) is 49.2 Å². The van der Waals surface area contributed by atoms with Gasteiger partial charge >= 0.3 is 0 Å². The molecule has 1 atom stereocenters. The summed E-state index contributed by atoms with van der Waals surface area (Å²) in [6.45, 7) is 4.12. The van der Waals surface area contributed by atoms with Crippen LogP contribution in [-0.2, 0) is 16.1 Å². The molecule has 2 aromatic carbocycles. The number of hydrogen-bond acceptors (Lipinski definition) is 3. The maximum atomic E-state index is 13.0. The van der Waals surface area contributed by atoms with Crippen molar-refractivity contribution >= 4 is 58.2 Å². The Bertz CT molecular complexity index is 924. The third kappa shape index (κ3) is 7.76. The molecule has 0 aromatic heterocycles. The molecule has 0 spiro atoms. The van der Waals surface area contributed by atoms with Crippen molar-refractivity contribution in [2.24, 2.45) is 0 Å². The molecule has 0 radical (unpaired) electrons. The zero-order valence-corrected chi connectivity index (χ0v) is 20.3. The number of halogens is 4. The Labute approximate surface area is 202 Å². The molecule has 0 unspecified atom stereocenters. The lowest BCUT2D eigenvalue weighted by Crippen LogP contribution is -2.49. The SMILES string of the molecule is CCCCNC(=O)[C@H](C)N(Cc1ccc(Cl)c(Cl)c1)C(=O)COc1ccc(Cl)cc1Cl. The van der Waals surface area contributed by atoms with E-state index in [0.717, 1.165) is 18.4 Å². The van der Waals surface area contributed by atoms with Gasteiger partial charge in [-0.2, -0.15) is 0 Å². The largest absolute Gasteiger partial charge is 0.482 e. The first-order valence-electron chi connectivity index (χ1n) is 9.81. The zero-order chi connectivity index (χ0) is 23.0. The summed E-state index contributed by atoms with van der Waals surface area (Å²) >= 11 is 24.1. The van der Waals surface area contributed by atoms with E-state index >= 15 is 0 Å². The molecule has 0 bridgehead atoms. The number of unbranched alkanes of at least 4 members (excludes halogenated alkanes) is 1. The van der Waals surface area contributed by atoms with Crippen LogP contribution in [0.1, 0.15) is 32.3 Å². The first kappa shape index (κ1) is 25.6. The number of amides is 2. The minimum atomic E-state index is -0.719. The molecule has 0 aliphatic carbocycles. The molecule has 0 aliphatic heterocycles. The fourth-order valence-corrected chi connectivity index (χ4v) is 3.55. The van der Waals surface area contributed by atoms with Crippen LogP contribution in [0.2, 0.25) is 20.1 Å². The normalized spacial score (nSPS) is 11.7. The van der Waals surface area contributed by atoms with Crippen LogP contribution < -0.4 is 10.1 Å². The van der Waals surface area contributed by atoms with Crippen molar-refractivity contribution in [3.63, 3.8) is 0 Å². The van der Waals surface area contributed by atoms with Crippen molar-refractivity contribution in [1.29, 1.82) is 0 Å². The summed E-state index contributed by atoms with van der Waals surface area (Å²) in [6.07, 6.45) is 1.81. The Morgan fingerprint density at radius 2 is 1.77 bits per heavy atom. The van der Waals surface area contributed by atoms with Crippen LogP contribution in [0.25, 0.3) is 0 Å². The number of carbonyl (C=O) groups is 2. The summed E-state index contributed by atoms with van der Waals surface area (Å²) in [5.41, 5.74) is 0.737. The van der Waals surface area contributed by atoms with Crippen LogP contribution in [0.3, 0.4) is 0 Å². The third-order valence-corrected chi connectivity index (χ3v) is 5.85. The molecule has 5 nitrogen and oxygen atoms in total. The topological polar surface area (TPSA) is 58.6 Å². The molecule has 2 aromatic rings. The van der Waals surface area contributed by atoms with Crippen molar-refractivity contribution in [1.82, 2.24) is 10.2 Å². The van der Waals surface area contributed by atoms with Crippen LogP contribution in [0, 0.1) is 0 Å². The fraction of sp³-hybridized carbons (Fsp3) is 0.364. The molecule has 9 heteroatoms. The average Bonchev–Trinajstić information content (AvgIpc) is 2.73. The van der Waals surface area contributed by atoms with E-state index in [1.165, 1.54) is 11.0 Å². The zero-order valence-electron chi connectivity index (χ0n) is 17.3. The molecule has 31 heavy (non-hydrogen) atoms. The predicted molar refractivity (Wildman–Crippen MR) is 126 cm³/mol. The van der Waals surface area contributed by atoms with Crippen molar-refractivity contribution in [3.8, 4) is 5.75 Å². The quantitative estimate of drug-likeness (QED) is 0.402. The van der Waals surface area contributed by atoms with E-state index in [-0.39, 0.29) is 25.0 Å². The monoisotopic (exact) mass is 504 g/mol. The summed E-state index contributed by atoms with van der Waals surface area (Å²) in [4.78, 5) is 27.1. The van der Waals surface area contributed by atoms with Gasteiger partial charge in [-0.25, -0.2) is 0 Å². The number of nitrogens with one attached hydrogen (secondary N) is 1. The number of rotatable bonds is 10. The maximum Gasteiger partial charge on any atom is 0.261 e. The molecule has 1 N–H and O–H groups in total. The van der Waals surface area contributed by atoms with Gasteiger partial charge in [-0.15, -0.1) is 0 Å². The average molecular weight is 506 g/mol. The van der Waals surface area contributed by atoms with Crippen LogP contribution in [-0.4, -0.2) is 35.9 Å². The second-order valence-electron chi connectivity index (χ2n) is 6.95. The Morgan fingerprint density at radius 1 is 1.03 bits per heavy atom. The summed E-state index contributed by atoms with van der Waals surface area (Å²) in [5, 5.41) is 4.39. The first-order chi connectivity index (χ1) is 14.7. The molecular formula is C22H24Cl4N2O3. The Balaban J connectivity index is 2.17.